The normalized spacial score (nSPS) is 24.3. The fourth-order valence-corrected chi connectivity index (χ4v) is 5.13. The number of benzene rings is 2. The van der Waals surface area contributed by atoms with Crippen molar-refractivity contribution in [3.05, 3.63) is 54.0 Å². The summed E-state index contributed by atoms with van der Waals surface area (Å²) < 4.78 is 18.9. The minimum Gasteiger partial charge on any atom is -0.346 e. The predicted octanol–water partition coefficient (Wildman–Crippen LogP) is 3.93. The van der Waals surface area contributed by atoms with Crippen LogP contribution >= 0.6 is 11.5 Å². The molecule has 1 amide bonds. The third-order valence-electron chi connectivity index (χ3n) is 5.82. The molecule has 4 heterocycles. The molecule has 3 fully saturated rings. The van der Waals surface area contributed by atoms with E-state index in [1.807, 2.05) is 24.3 Å². The van der Waals surface area contributed by atoms with E-state index in [0.29, 0.717) is 11.6 Å². The molecule has 1 N–H and O–H groups in total. The Labute approximate surface area is 161 Å². The molecule has 2 bridgehead atoms. The number of carbonyl (C=O) groups excluding carboxylic acids is 1. The molecule has 138 valence electrons. The second-order valence-electron chi connectivity index (χ2n) is 7.47. The highest BCUT2D eigenvalue weighted by atomic mass is 32.1. The molecule has 3 saturated heterocycles. The molecule has 0 spiro atoms. The molecule has 6 heteroatoms. The summed E-state index contributed by atoms with van der Waals surface area (Å²) in [6, 6.07) is 12.6. The highest BCUT2D eigenvalue weighted by molar-refractivity contribution is 7.13. The summed E-state index contributed by atoms with van der Waals surface area (Å²) in [5.41, 5.74) is 2.25. The maximum Gasteiger partial charge on any atom is 0.271 e. The first kappa shape index (κ1) is 16.8. The molecule has 0 saturated carbocycles. The molecule has 2 aromatic carbocycles. The van der Waals surface area contributed by atoms with E-state index in [9.17, 15) is 9.18 Å². The van der Waals surface area contributed by atoms with Gasteiger partial charge in [-0.2, -0.15) is 4.37 Å². The third kappa shape index (κ3) is 3.13. The van der Waals surface area contributed by atoms with Crippen LogP contribution in [0, 0.1) is 11.7 Å². The number of piperidine rings is 3. The minimum atomic E-state index is -0.255. The van der Waals surface area contributed by atoms with Crippen molar-refractivity contribution in [1.29, 1.82) is 0 Å². The standard InChI is InChI=1S/C21H20FN3OS/c22-16-3-1-2-14(10-16)15-4-5-17-19(11-15)27-24-20(17)21(26)23-18-12-25-8-6-13(18)7-9-25/h1-5,10-11,13,18H,6-9,12H2,(H,23,26). The SMILES string of the molecule is O=C(NC1CN2CCC1CC2)c1nsc2cc(-c3cccc(F)c3)ccc12. The lowest BCUT2D eigenvalue weighted by Gasteiger charge is -2.44. The second kappa shape index (κ2) is 6.69. The molecule has 27 heavy (non-hydrogen) atoms. The van der Waals surface area contributed by atoms with Crippen molar-refractivity contribution in [3.8, 4) is 11.1 Å². The van der Waals surface area contributed by atoms with Crippen molar-refractivity contribution in [2.45, 2.75) is 18.9 Å². The van der Waals surface area contributed by atoms with Gasteiger partial charge in [0.1, 0.15) is 11.5 Å². The number of amides is 1. The fourth-order valence-electron chi connectivity index (χ4n) is 4.31. The summed E-state index contributed by atoms with van der Waals surface area (Å²) in [4.78, 5) is 15.3. The molecule has 1 aromatic heterocycles. The molecule has 1 unspecified atom stereocenters. The zero-order valence-electron chi connectivity index (χ0n) is 14.8. The van der Waals surface area contributed by atoms with Gasteiger partial charge in [-0.1, -0.05) is 24.3 Å². The maximum atomic E-state index is 13.5. The molecule has 3 aromatic rings. The third-order valence-corrected chi connectivity index (χ3v) is 6.63. The average molecular weight is 381 g/mol. The highest BCUT2D eigenvalue weighted by Crippen LogP contribution is 2.31. The topological polar surface area (TPSA) is 45.2 Å². The maximum absolute atomic E-state index is 13.5. The summed E-state index contributed by atoms with van der Waals surface area (Å²) in [5, 5.41) is 4.07. The van der Waals surface area contributed by atoms with E-state index in [0.717, 1.165) is 40.8 Å². The Kier molecular flexibility index (Phi) is 4.17. The van der Waals surface area contributed by atoms with Crippen LogP contribution in [0.25, 0.3) is 21.2 Å². The van der Waals surface area contributed by atoms with Crippen molar-refractivity contribution in [2.75, 3.05) is 19.6 Å². The highest BCUT2D eigenvalue weighted by Gasteiger charge is 2.35. The van der Waals surface area contributed by atoms with Crippen molar-refractivity contribution in [2.24, 2.45) is 5.92 Å². The number of fused-ring (bicyclic) bond motifs is 4. The molecular formula is C21H20FN3OS. The molecule has 1 atom stereocenters. The fraction of sp³-hybridized carbons (Fsp3) is 0.333. The van der Waals surface area contributed by atoms with Gasteiger partial charge in [-0.3, -0.25) is 4.79 Å². The summed E-state index contributed by atoms with van der Waals surface area (Å²) in [6.45, 7) is 3.25. The molecule has 6 rings (SSSR count). The van der Waals surface area contributed by atoms with Gasteiger partial charge in [0.15, 0.2) is 0 Å². The van der Waals surface area contributed by atoms with Crippen LogP contribution in [0.3, 0.4) is 0 Å². The average Bonchev–Trinajstić information content (AvgIpc) is 3.12. The van der Waals surface area contributed by atoms with E-state index in [-0.39, 0.29) is 17.8 Å². The lowest BCUT2D eigenvalue weighted by atomic mass is 9.84. The van der Waals surface area contributed by atoms with Crippen molar-refractivity contribution < 1.29 is 9.18 Å². The number of nitrogens with one attached hydrogen (secondary N) is 1. The minimum absolute atomic E-state index is 0.0847. The zero-order chi connectivity index (χ0) is 18.4. The van der Waals surface area contributed by atoms with Crippen LogP contribution in [0.4, 0.5) is 4.39 Å². The van der Waals surface area contributed by atoms with E-state index >= 15 is 0 Å². The van der Waals surface area contributed by atoms with Gasteiger partial charge < -0.3 is 10.2 Å². The van der Waals surface area contributed by atoms with Crippen LogP contribution in [-0.2, 0) is 0 Å². The van der Waals surface area contributed by atoms with Gasteiger partial charge in [0.05, 0.1) is 4.70 Å². The Hall–Kier alpha value is -2.31. The summed E-state index contributed by atoms with van der Waals surface area (Å²) in [6.07, 6.45) is 2.33. The smallest absolute Gasteiger partial charge is 0.271 e. The lowest BCUT2D eigenvalue weighted by Crippen LogP contribution is -2.57. The van der Waals surface area contributed by atoms with Gasteiger partial charge in [0.2, 0.25) is 0 Å². The van der Waals surface area contributed by atoms with Crippen LogP contribution in [0.2, 0.25) is 0 Å². The van der Waals surface area contributed by atoms with Gasteiger partial charge >= 0.3 is 0 Å². The molecule has 0 radical (unpaired) electrons. The number of nitrogens with zero attached hydrogens (tertiary/aromatic N) is 2. The quantitative estimate of drug-likeness (QED) is 0.748. The van der Waals surface area contributed by atoms with Gasteiger partial charge in [-0.25, -0.2) is 4.39 Å². The van der Waals surface area contributed by atoms with Gasteiger partial charge in [0.25, 0.3) is 5.91 Å². The molecule has 3 aliphatic rings. The number of halogens is 1. The first-order valence-corrected chi connectivity index (χ1v) is 10.1. The Bertz CT molecular complexity index is 1010. The Morgan fingerprint density at radius 3 is 2.70 bits per heavy atom. The van der Waals surface area contributed by atoms with E-state index < -0.39 is 0 Å². The van der Waals surface area contributed by atoms with Crippen LogP contribution in [0.1, 0.15) is 23.3 Å². The summed E-state index contributed by atoms with van der Waals surface area (Å²) in [5.74, 6) is 0.247. The Morgan fingerprint density at radius 2 is 1.96 bits per heavy atom. The van der Waals surface area contributed by atoms with Crippen LogP contribution < -0.4 is 5.32 Å². The van der Waals surface area contributed by atoms with Gasteiger partial charge in [0, 0.05) is 18.0 Å². The van der Waals surface area contributed by atoms with E-state index in [1.165, 1.54) is 36.5 Å². The number of hydrogen-bond acceptors (Lipinski definition) is 4. The summed E-state index contributed by atoms with van der Waals surface area (Å²) in [7, 11) is 0. The summed E-state index contributed by atoms with van der Waals surface area (Å²) >= 11 is 1.32. The Balaban J connectivity index is 1.40. The van der Waals surface area contributed by atoms with Gasteiger partial charge in [-0.15, -0.1) is 0 Å². The predicted molar refractivity (Wildman–Crippen MR) is 105 cm³/mol. The number of hydrogen-bond donors (Lipinski definition) is 1. The first-order valence-electron chi connectivity index (χ1n) is 9.36. The number of carbonyl (C=O) groups is 1. The number of aromatic nitrogens is 1. The van der Waals surface area contributed by atoms with Crippen LogP contribution in [-0.4, -0.2) is 40.9 Å². The van der Waals surface area contributed by atoms with Crippen molar-refractivity contribution >= 4 is 27.5 Å². The molecular weight excluding hydrogens is 361 g/mol. The van der Waals surface area contributed by atoms with E-state index in [4.69, 9.17) is 0 Å². The Morgan fingerprint density at radius 1 is 1.15 bits per heavy atom. The zero-order valence-corrected chi connectivity index (χ0v) is 15.6. The number of rotatable bonds is 3. The molecule has 0 aliphatic carbocycles. The van der Waals surface area contributed by atoms with Crippen LogP contribution in [0.5, 0.6) is 0 Å². The first-order chi connectivity index (χ1) is 13.2. The van der Waals surface area contributed by atoms with Crippen molar-refractivity contribution in [3.63, 3.8) is 0 Å². The molecule has 3 aliphatic heterocycles. The molecule has 4 nitrogen and oxygen atoms in total. The largest absolute Gasteiger partial charge is 0.346 e. The second-order valence-corrected chi connectivity index (χ2v) is 8.28. The lowest BCUT2D eigenvalue weighted by molar-refractivity contribution is 0.0619. The van der Waals surface area contributed by atoms with Gasteiger partial charge in [-0.05, 0) is 72.7 Å². The van der Waals surface area contributed by atoms with E-state index in [1.54, 1.807) is 6.07 Å². The monoisotopic (exact) mass is 381 g/mol. The van der Waals surface area contributed by atoms with E-state index in [2.05, 4.69) is 14.6 Å². The van der Waals surface area contributed by atoms with Crippen LogP contribution in [0.15, 0.2) is 42.5 Å². The van der Waals surface area contributed by atoms with Crippen molar-refractivity contribution in [1.82, 2.24) is 14.6 Å².